The van der Waals surface area contributed by atoms with Gasteiger partial charge in [-0.15, -0.1) is 0 Å². The van der Waals surface area contributed by atoms with Crippen molar-refractivity contribution in [1.82, 2.24) is 9.99 Å². The molecule has 0 aliphatic heterocycles. The Morgan fingerprint density at radius 3 is 2.65 bits per heavy atom. The van der Waals surface area contributed by atoms with Gasteiger partial charge in [0.05, 0.1) is 17.7 Å². The van der Waals surface area contributed by atoms with E-state index in [2.05, 4.69) is 10.5 Å². The Bertz CT molecular complexity index is 1250. The summed E-state index contributed by atoms with van der Waals surface area (Å²) in [5, 5.41) is 34.2. The molecule has 3 N–H and O–H groups in total. The molecule has 0 aliphatic carbocycles. The van der Waals surface area contributed by atoms with Crippen molar-refractivity contribution in [3.05, 3.63) is 96.9 Å². The van der Waals surface area contributed by atoms with Crippen LogP contribution in [-0.4, -0.2) is 31.8 Å². The maximum Gasteiger partial charge on any atom is 0.311 e. The van der Waals surface area contributed by atoms with Crippen LogP contribution in [0.25, 0.3) is 0 Å². The quantitative estimate of drug-likeness (QED) is 0.303. The molecule has 2 aromatic carbocycles. The first-order valence-electron chi connectivity index (χ1n) is 8.74. The van der Waals surface area contributed by atoms with Crippen LogP contribution in [0, 0.1) is 10.1 Å². The minimum atomic E-state index is -0.837. The molecule has 1 aromatic heterocycles. The van der Waals surface area contributed by atoms with E-state index in [0.717, 1.165) is 18.3 Å². The zero-order chi connectivity index (χ0) is 22.5. The first-order chi connectivity index (χ1) is 14.8. The highest BCUT2D eigenvalue weighted by atomic mass is 35.5. The SMILES string of the molecule is O=C(N/N=C\c1cc([N+](=O)[O-])c(O)cc1O)c1cccn(Cc2ccccc2Cl)c1=O. The van der Waals surface area contributed by atoms with Gasteiger partial charge in [0, 0.05) is 28.9 Å². The van der Waals surface area contributed by atoms with Gasteiger partial charge in [-0.2, -0.15) is 5.10 Å². The highest BCUT2D eigenvalue weighted by Crippen LogP contribution is 2.31. The van der Waals surface area contributed by atoms with Gasteiger partial charge >= 0.3 is 5.69 Å². The number of carbonyl (C=O) groups excluding carboxylic acids is 1. The highest BCUT2D eigenvalue weighted by Gasteiger charge is 2.17. The predicted molar refractivity (Wildman–Crippen MR) is 113 cm³/mol. The van der Waals surface area contributed by atoms with Crippen LogP contribution in [0.2, 0.25) is 5.02 Å². The molecule has 0 fully saturated rings. The van der Waals surface area contributed by atoms with Crippen LogP contribution in [-0.2, 0) is 6.54 Å². The summed E-state index contributed by atoms with van der Waals surface area (Å²) in [5.41, 5.74) is 1.31. The molecule has 0 spiro atoms. The molecule has 10 nitrogen and oxygen atoms in total. The Kier molecular flexibility index (Phi) is 6.32. The summed E-state index contributed by atoms with van der Waals surface area (Å²) < 4.78 is 1.31. The second-order valence-corrected chi connectivity index (χ2v) is 6.71. The molecule has 158 valence electrons. The van der Waals surface area contributed by atoms with E-state index in [-0.39, 0.29) is 17.7 Å². The predicted octanol–water partition coefficient (Wildman–Crippen LogP) is 2.63. The molecule has 1 heterocycles. The Hall–Kier alpha value is -4.18. The Balaban J connectivity index is 1.79. The molecular formula is C20H15ClN4O6. The number of hydrogen-bond donors (Lipinski definition) is 3. The second-order valence-electron chi connectivity index (χ2n) is 6.30. The molecule has 31 heavy (non-hydrogen) atoms. The van der Waals surface area contributed by atoms with Crippen molar-refractivity contribution in [1.29, 1.82) is 0 Å². The van der Waals surface area contributed by atoms with Gasteiger partial charge < -0.3 is 14.8 Å². The molecule has 3 rings (SSSR count). The lowest BCUT2D eigenvalue weighted by Crippen LogP contribution is -2.31. The first kappa shape index (κ1) is 21.5. The fourth-order valence-corrected chi connectivity index (χ4v) is 2.89. The molecule has 1 amide bonds. The molecule has 3 aromatic rings. The van der Waals surface area contributed by atoms with Gasteiger partial charge in [0.1, 0.15) is 11.3 Å². The fraction of sp³-hybridized carbons (Fsp3) is 0.0500. The number of rotatable bonds is 6. The molecule has 0 aliphatic rings. The summed E-state index contributed by atoms with van der Waals surface area (Å²) in [4.78, 5) is 35.0. The van der Waals surface area contributed by atoms with Gasteiger partial charge in [-0.3, -0.25) is 19.7 Å². The number of halogens is 1. The summed E-state index contributed by atoms with van der Waals surface area (Å²) in [5.74, 6) is -2.02. The number of carbonyl (C=O) groups is 1. The maximum absolute atomic E-state index is 12.6. The van der Waals surface area contributed by atoms with Crippen molar-refractivity contribution < 1.29 is 19.9 Å². The van der Waals surface area contributed by atoms with Crippen molar-refractivity contribution in [2.45, 2.75) is 6.54 Å². The van der Waals surface area contributed by atoms with Crippen LogP contribution in [0.1, 0.15) is 21.5 Å². The molecular weight excluding hydrogens is 428 g/mol. The Labute approximate surface area is 179 Å². The van der Waals surface area contributed by atoms with Gasteiger partial charge in [0.15, 0.2) is 5.75 Å². The number of nitrogens with one attached hydrogen (secondary N) is 1. The van der Waals surface area contributed by atoms with Crippen LogP contribution >= 0.6 is 11.6 Å². The summed E-state index contributed by atoms with van der Waals surface area (Å²) >= 11 is 6.12. The van der Waals surface area contributed by atoms with E-state index in [1.54, 1.807) is 24.3 Å². The standard InChI is InChI=1S/C20H15ClN4O6/c21-15-6-2-1-4-12(15)11-24-7-3-5-14(20(24)29)19(28)23-22-10-13-8-16(25(30)31)18(27)9-17(13)26/h1-10,26-27H,11H2,(H,23,28)/b22-10-. The average Bonchev–Trinajstić information content (AvgIpc) is 2.72. The number of nitrogens with zero attached hydrogens (tertiary/aromatic N) is 3. The van der Waals surface area contributed by atoms with E-state index in [9.17, 15) is 29.9 Å². The van der Waals surface area contributed by atoms with Crippen LogP contribution in [0.5, 0.6) is 11.5 Å². The summed E-state index contributed by atoms with van der Waals surface area (Å²) in [6, 6.07) is 11.5. The van der Waals surface area contributed by atoms with Crippen LogP contribution in [0.15, 0.2) is 64.6 Å². The third kappa shape index (κ3) is 4.87. The van der Waals surface area contributed by atoms with Gasteiger partial charge in [-0.05, 0) is 23.8 Å². The topological polar surface area (TPSA) is 147 Å². The van der Waals surface area contributed by atoms with Gasteiger partial charge in [0.25, 0.3) is 11.5 Å². The molecule has 0 unspecified atom stereocenters. The minimum Gasteiger partial charge on any atom is -0.507 e. The molecule has 0 bridgehead atoms. The summed E-state index contributed by atoms with van der Waals surface area (Å²) in [6.45, 7) is 0.161. The lowest BCUT2D eigenvalue weighted by molar-refractivity contribution is -0.385. The lowest BCUT2D eigenvalue weighted by atomic mass is 10.2. The number of nitro groups is 1. The van der Waals surface area contributed by atoms with E-state index in [1.807, 2.05) is 0 Å². The summed E-state index contributed by atoms with van der Waals surface area (Å²) in [6.07, 6.45) is 2.46. The van der Waals surface area contributed by atoms with Crippen molar-refractivity contribution >= 4 is 29.4 Å². The van der Waals surface area contributed by atoms with E-state index in [1.165, 1.54) is 22.9 Å². The highest BCUT2D eigenvalue weighted by molar-refractivity contribution is 6.31. The molecule has 0 saturated carbocycles. The monoisotopic (exact) mass is 442 g/mol. The number of hydrogen-bond acceptors (Lipinski definition) is 7. The van der Waals surface area contributed by atoms with Crippen LogP contribution in [0.3, 0.4) is 0 Å². The fourth-order valence-electron chi connectivity index (χ4n) is 2.70. The number of nitro benzene ring substituents is 1. The van der Waals surface area contributed by atoms with Crippen molar-refractivity contribution in [2.75, 3.05) is 0 Å². The smallest absolute Gasteiger partial charge is 0.311 e. The minimum absolute atomic E-state index is 0.117. The zero-order valence-corrected chi connectivity index (χ0v) is 16.5. The Morgan fingerprint density at radius 2 is 1.94 bits per heavy atom. The van der Waals surface area contributed by atoms with Gasteiger partial charge in [-0.25, -0.2) is 5.43 Å². The zero-order valence-electron chi connectivity index (χ0n) is 15.7. The van der Waals surface area contributed by atoms with Crippen molar-refractivity contribution in [3.63, 3.8) is 0 Å². The number of phenols is 2. The van der Waals surface area contributed by atoms with Crippen molar-refractivity contribution in [3.8, 4) is 11.5 Å². The number of pyridine rings is 1. The third-order valence-electron chi connectivity index (χ3n) is 4.25. The molecule has 0 radical (unpaired) electrons. The first-order valence-corrected chi connectivity index (χ1v) is 9.12. The van der Waals surface area contributed by atoms with E-state index in [0.29, 0.717) is 10.6 Å². The lowest BCUT2D eigenvalue weighted by Gasteiger charge is -2.09. The molecule has 11 heteroatoms. The largest absolute Gasteiger partial charge is 0.507 e. The second kappa shape index (κ2) is 9.09. The number of phenolic OH excluding ortho intramolecular Hbond substituents is 2. The van der Waals surface area contributed by atoms with Crippen LogP contribution in [0.4, 0.5) is 5.69 Å². The van der Waals surface area contributed by atoms with Gasteiger partial charge in [0.2, 0.25) is 0 Å². The number of aromatic nitrogens is 1. The van der Waals surface area contributed by atoms with Crippen molar-refractivity contribution in [2.24, 2.45) is 5.10 Å². The maximum atomic E-state index is 12.6. The van der Waals surface area contributed by atoms with E-state index >= 15 is 0 Å². The van der Waals surface area contributed by atoms with E-state index in [4.69, 9.17) is 11.6 Å². The van der Waals surface area contributed by atoms with Crippen LogP contribution < -0.4 is 11.0 Å². The number of benzene rings is 2. The Morgan fingerprint density at radius 1 is 1.19 bits per heavy atom. The average molecular weight is 443 g/mol. The van der Waals surface area contributed by atoms with E-state index < -0.39 is 33.6 Å². The number of aromatic hydroxyl groups is 2. The normalized spacial score (nSPS) is 10.9. The third-order valence-corrected chi connectivity index (χ3v) is 4.62. The number of hydrazone groups is 1. The summed E-state index contributed by atoms with van der Waals surface area (Å²) in [7, 11) is 0. The van der Waals surface area contributed by atoms with Gasteiger partial charge in [-0.1, -0.05) is 29.8 Å². The molecule has 0 saturated heterocycles. The number of amides is 1. The molecule has 0 atom stereocenters.